The minimum absolute atomic E-state index is 0.0314. The van der Waals surface area contributed by atoms with Gasteiger partial charge in [-0.1, -0.05) is 0 Å². The van der Waals surface area contributed by atoms with Gasteiger partial charge in [-0.15, -0.1) is 0 Å². The molecular weight excluding hydrogens is 348 g/mol. The molecule has 0 atom stereocenters. The first kappa shape index (κ1) is 21.0. The van der Waals surface area contributed by atoms with Crippen LogP contribution in [0.5, 0.6) is 0 Å². The van der Waals surface area contributed by atoms with Crippen LogP contribution < -0.4 is 0 Å². The summed E-state index contributed by atoms with van der Waals surface area (Å²) in [6.45, 7) is 5.36. The van der Waals surface area contributed by atoms with E-state index >= 15 is 4.39 Å². The van der Waals surface area contributed by atoms with Crippen LogP contribution in [0.3, 0.4) is 0 Å². The summed E-state index contributed by atoms with van der Waals surface area (Å²) in [5.41, 5.74) is 1.56. The maximum atomic E-state index is 15.1. The summed E-state index contributed by atoms with van der Waals surface area (Å²) in [6.07, 6.45) is 2.18. The molecule has 0 unspecified atom stereocenters. The number of hydrogen-bond acceptors (Lipinski definition) is 1. The molecule has 0 saturated heterocycles. The van der Waals surface area contributed by atoms with Crippen molar-refractivity contribution in [2.45, 2.75) is 46.5 Å². The Morgan fingerprint density at radius 2 is 1.70 bits per heavy atom. The molecule has 0 aromatic heterocycles. The van der Waals surface area contributed by atoms with Gasteiger partial charge in [0.2, 0.25) is 0 Å². The number of halogens is 3. The average Bonchev–Trinajstić information content (AvgIpc) is 2.60. The third-order valence-corrected chi connectivity index (χ3v) is 4.66. The van der Waals surface area contributed by atoms with Gasteiger partial charge < -0.3 is 0 Å². The van der Waals surface area contributed by atoms with Crippen LogP contribution in [0, 0.1) is 24.4 Å². The predicted octanol–water partition coefficient (Wildman–Crippen LogP) is 5.64. The third kappa shape index (κ3) is 4.52. The van der Waals surface area contributed by atoms with Crippen molar-refractivity contribution in [2.24, 2.45) is 0 Å². The van der Waals surface area contributed by atoms with E-state index < -0.39 is 23.1 Å². The molecule has 0 bridgehead atoms. The second-order valence-electron chi connectivity index (χ2n) is 6.54. The monoisotopic (exact) mass is 371 g/mol. The van der Waals surface area contributed by atoms with Crippen molar-refractivity contribution in [3.05, 3.63) is 75.6 Å². The van der Waals surface area contributed by atoms with Crippen LogP contribution in [0.25, 0.3) is 5.57 Å². The molecule has 141 valence electrons. The standard InChI is InChI=1S/C22H23BF3O/c1-4-6-7-18(22(23)27)20(16-9-8-14(24)12-13(16)3)17-10-11-19(25)15(5-2)21(17)26/h8-12,27H,4-7H2,1-3H3/b20-18-. The van der Waals surface area contributed by atoms with Gasteiger partial charge in [0.25, 0.3) is 0 Å². The Morgan fingerprint density at radius 3 is 2.26 bits per heavy atom. The van der Waals surface area contributed by atoms with E-state index in [1.165, 1.54) is 30.3 Å². The molecule has 0 heterocycles. The zero-order valence-electron chi connectivity index (χ0n) is 15.9. The van der Waals surface area contributed by atoms with Crippen LogP contribution in [0.2, 0.25) is 0 Å². The van der Waals surface area contributed by atoms with Crippen LogP contribution in [0.1, 0.15) is 55.4 Å². The average molecular weight is 371 g/mol. The SMILES string of the molecule is [B]=C(O)/C(CCCC)=C(/c1ccc(F)cc1C)c1ccc(F)c(CC)c1F. The van der Waals surface area contributed by atoms with Crippen molar-refractivity contribution >= 4 is 18.7 Å². The second-order valence-corrected chi connectivity index (χ2v) is 6.54. The summed E-state index contributed by atoms with van der Waals surface area (Å²) in [5, 5.41) is 10.1. The van der Waals surface area contributed by atoms with E-state index in [1.54, 1.807) is 13.8 Å². The first-order valence-corrected chi connectivity index (χ1v) is 9.10. The van der Waals surface area contributed by atoms with Gasteiger partial charge in [-0.05, 0) is 0 Å². The molecular formula is C22H23BF3O. The quantitative estimate of drug-likeness (QED) is 0.625. The molecule has 0 aliphatic heterocycles. The van der Waals surface area contributed by atoms with Gasteiger partial charge in [0, 0.05) is 0 Å². The molecule has 1 radical (unpaired) electrons. The molecule has 2 aromatic rings. The van der Waals surface area contributed by atoms with E-state index in [4.69, 9.17) is 7.49 Å². The zero-order chi connectivity index (χ0) is 20.1. The van der Waals surface area contributed by atoms with Gasteiger partial charge in [0.05, 0.1) is 0 Å². The van der Waals surface area contributed by atoms with Gasteiger partial charge in [0.15, 0.2) is 0 Å². The van der Waals surface area contributed by atoms with E-state index in [0.29, 0.717) is 28.7 Å². The second kappa shape index (κ2) is 9.07. The normalized spacial score (nSPS) is 12.0. The first-order chi connectivity index (χ1) is 12.8. The Kier molecular flexibility index (Phi) is 7.06. The summed E-state index contributed by atoms with van der Waals surface area (Å²) in [5.74, 6) is -1.73. The van der Waals surface area contributed by atoms with Gasteiger partial charge in [-0.2, -0.15) is 0 Å². The molecule has 0 spiro atoms. The summed E-state index contributed by atoms with van der Waals surface area (Å²) < 4.78 is 42.8. The number of rotatable bonds is 7. The Balaban J connectivity index is 2.88. The predicted molar refractivity (Wildman–Crippen MR) is 105 cm³/mol. The molecule has 0 saturated carbocycles. The van der Waals surface area contributed by atoms with E-state index in [2.05, 4.69) is 0 Å². The van der Waals surface area contributed by atoms with Crippen molar-refractivity contribution in [2.75, 3.05) is 0 Å². The van der Waals surface area contributed by atoms with Gasteiger partial charge in [0.1, 0.15) is 0 Å². The molecule has 1 nitrogen and oxygen atoms in total. The molecule has 1 N–H and O–H groups in total. The fourth-order valence-electron chi connectivity index (χ4n) is 3.23. The topological polar surface area (TPSA) is 20.2 Å². The van der Waals surface area contributed by atoms with Crippen molar-refractivity contribution in [1.29, 1.82) is 0 Å². The van der Waals surface area contributed by atoms with Crippen molar-refractivity contribution < 1.29 is 18.3 Å². The number of aliphatic hydroxyl groups is 1. The first-order valence-electron chi connectivity index (χ1n) is 9.10. The van der Waals surface area contributed by atoms with Crippen LogP contribution in [-0.2, 0) is 6.42 Å². The molecule has 0 aliphatic rings. The molecule has 0 aliphatic carbocycles. The van der Waals surface area contributed by atoms with Crippen LogP contribution in [0.4, 0.5) is 13.2 Å². The van der Waals surface area contributed by atoms with Crippen molar-refractivity contribution in [3.63, 3.8) is 0 Å². The molecule has 2 rings (SSSR count). The summed E-state index contributed by atoms with van der Waals surface area (Å²) >= 11 is 0. The zero-order valence-corrected chi connectivity index (χ0v) is 15.9. The summed E-state index contributed by atoms with van der Waals surface area (Å²) in [6, 6.07) is 6.69. The molecule has 27 heavy (non-hydrogen) atoms. The van der Waals surface area contributed by atoms with Crippen LogP contribution in [0.15, 0.2) is 35.9 Å². The Bertz CT molecular complexity index is 887. The number of benzene rings is 2. The molecule has 5 heteroatoms. The van der Waals surface area contributed by atoms with Gasteiger partial charge in [-0.25, -0.2) is 0 Å². The summed E-state index contributed by atoms with van der Waals surface area (Å²) in [4.78, 5) is 0. The fraction of sp³-hybridized carbons (Fsp3) is 0.318. The fourth-order valence-corrected chi connectivity index (χ4v) is 3.23. The Hall–Kier alpha value is -2.30. The van der Waals surface area contributed by atoms with Gasteiger partial charge >= 0.3 is 159 Å². The van der Waals surface area contributed by atoms with E-state index in [1.807, 2.05) is 6.92 Å². The molecule has 2 aromatic carbocycles. The number of hydrogen-bond donors (Lipinski definition) is 1. The maximum absolute atomic E-state index is 15.1. The molecule has 0 fully saturated rings. The Labute approximate surface area is 159 Å². The van der Waals surface area contributed by atoms with Crippen molar-refractivity contribution in [1.82, 2.24) is 0 Å². The molecule has 0 amide bonds. The van der Waals surface area contributed by atoms with Crippen molar-refractivity contribution in [3.8, 4) is 0 Å². The van der Waals surface area contributed by atoms with Crippen LogP contribution >= 0.6 is 0 Å². The number of unbranched alkanes of at least 4 members (excludes halogenated alkanes) is 1. The van der Waals surface area contributed by atoms with Crippen LogP contribution in [-0.4, -0.2) is 18.2 Å². The van der Waals surface area contributed by atoms with E-state index in [9.17, 15) is 13.9 Å². The van der Waals surface area contributed by atoms with E-state index in [-0.39, 0.29) is 17.5 Å². The Morgan fingerprint density at radius 1 is 1.04 bits per heavy atom. The minimum atomic E-state index is -0.688. The van der Waals surface area contributed by atoms with Gasteiger partial charge in [-0.3, -0.25) is 0 Å². The third-order valence-electron chi connectivity index (χ3n) is 4.66. The summed E-state index contributed by atoms with van der Waals surface area (Å²) in [7, 11) is 5.73. The van der Waals surface area contributed by atoms with E-state index in [0.717, 1.165) is 12.8 Å². The number of aliphatic hydroxyl groups excluding tert-OH is 1. The number of aryl methyl sites for hydroxylation is 1.